The van der Waals surface area contributed by atoms with E-state index in [9.17, 15) is 30.8 Å². The number of amides is 1. The van der Waals surface area contributed by atoms with E-state index in [-0.39, 0.29) is 28.8 Å². The molecule has 10 heteroatoms. The second-order valence-electron chi connectivity index (χ2n) is 8.42. The highest BCUT2D eigenvalue weighted by Gasteiger charge is 2.48. The van der Waals surface area contributed by atoms with Gasteiger partial charge in [-0.2, -0.15) is 17.5 Å². The molecule has 2 aliphatic rings. The quantitative estimate of drug-likeness (QED) is 0.570. The van der Waals surface area contributed by atoms with Crippen LogP contribution >= 0.6 is 0 Å². The van der Waals surface area contributed by atoms with Crippen molar-refractivity contribution >= 4 is 15.9 Å². The minimum atomic E-state index is -4.91. The van der Waals surface area contributed by atoms with Crippen LogP contribution in [-0.4, -0.2) is 42.8 Å². The molecular weight excluding hydrogens is 460 g/mol. The monoisotopic (exact) mass is 484 g/mol. The van der Waals surface area contributed by atoms with Gasteiger partial charge in [-0.25, -0.2) is 12.8 Å². The first-order valence-electron chi connectivity index (χ1n) is 10.8. The minimum absolute atomic E-state index is 0.0253. The summed E-state index contributed by atoms with van der Waals surface area (Å²) in [6.45, 7) is 1.67. The molecule has 4 rings (SSSR count). The van der Waals surface area contributed by atoms with E-state index in [1.54, 1.807) is 11.0 Å². The molecule has 33 heavy (non-hydrogen) atoms. The van der Waals surface area contributed by atoms with Crippen molar-refractivity contribution < 1.29 is 30.8 Å². The van der Waals surface area contributed by atoms with Crippen LogP contribution in [0.25, 0.3) is 0 Å². The number of sulfonamides is 1. The Morgan fingerprint density at radius 3 is 2.36 bits per heavy atom. The lowest BCUT2D eigenvalue weighted by Gasteiger charge is -2.33. The number of alkyl halides is 3. The number of hydrogen-bond donors (Lipinski definition) is 0. The predicted octanol–water partition coefficient (Wildman–Crippen LogP) is 4.43. The summed E-state index contributed by atoms with van der Waals surface area (Å²) >= 11 is 0. The summed E-state index contributed by atoms with van der Waals surface area (Å²) < 4.78 is 82.6. The summed E-state index contributed by atoms with van der Waals surface area (Å²) in [5.41, 5.74) is 1.13. The van der Waals surface area contributed by atoms with Crippen LogP contribution in [0.3, 0.4) is 0 Å². The molecule has 0 aromatic heterocycles. The Bertz CT molecular complexity index is 1150. The van der Waals surface area contributed by atoms with E-state index in [0.717, 1.165) is 42.7 Å². The molecule has 5 nitrogen and oxygen atoms in total. The number of nitrogens with zero attached hydrogens (tertiary/aromatic N) is 2. The smallest absolute Gasteiger partial charge is 0.338 e. The van der Waals surface area contributed by atoms with E-state index < -0.39 is 34.6 Å². The molecule has 1 fully saturated rings. The number of carbonyl (C=O) groups excluding carboxylic acids is 1. The lowest BCUT2D eigenvalue weighted by molar-refractivity contribution is -0.173. The Morgan fingerprint density at radius 2 is 1.79 bits per heavy atom. The molecule has 1 aliphatic heterocycles. The molecule has 178 valence electrons. The topological polar surface area (TPSA) is 57.7 Å². The molecule has 1 heterocycles. The first kappa shape index (κ1) is 23.7. The highest BCUT2D eigenvalue weighted by atomic mass is 32.2. The van der Waals surface area contributed by atoms with Gasteiger partial charge in [0.05, 0.1) is 4.90 Å². The van der Waals surface area contributed by atoms with E-state index in [1.165, 1.54) is 19.1 Å². The van der Waals surface area contributed by atoms with Gasteiger partial charge >= 0.3 is 6.18 Å². The Labute approximate surface area is 190 Å². The third kappa shape index (κ3) is 4.77. The molecule has 0 N–H and O–H groups in total. The number of hydrogen-bond acceptors (Lipinski definition) is 3. The van der Waals surface area contributed by atoms with Gasteiger partial charge in [-0.1, -0.05) is 25.1 Å². The fourth-order valence-corrected chi connectivity index (χ4v) is 5.92. The van der Waals surface area contributed by atoms with Gasteiger partial charge in [-0.05, 0) is 60.2 Å². The fourth-order valence-electron chi connectivity index (χ4n) is 4.26. The standard InChI is InChI=1S/C23H24F4N2O3S/c1-2-29(21(23(25,26)27)16-5-8-19(24)9-6-16)33(31,32)20-10-7-15-11-12-28(14-18(15)13-20)22(30)17-3-4-17/h5-10,13,17,21H,2-4,11-12,14H2,1H3. The van der Waals surface area contributed by atoms with Crippen LogP contribution in [0.4, 0.5) is 17.6 Å². The van der Waals surface area contributed by atoms with E-state index >= 15 is 0 Å². The molecule has 1 saturated carbocycles. The van der Waals surface area contributed by atoms with Gasteiger partial charge in [0.25, 0.3) is 0 Å². The largest absolute Gasteiger partial charge is 0.409 e. The van der Waals surface area contributed by atoms with Crippen molar-refractivity contribution in [2.75, 3.05) is 13.1 Å². The van der Waals surface area contributed by atoms with E-state index in [0.29, 0.717) is 22.8 Å². The second-order valence-corrected chi connectivity index (χ2v) is 10.3. The van der Waals surface area contributed by atoms with Crippen molar-refractivity contribution in [1.82, 2.24) is 9.21 Å². The first-order valence-corrected chi connectivity index (χ1v) is 12.2. The third-order valence-corrected chi connectivity index (χ3v) is 8.07. The van der Waals surface area contributed by atoms with Gasteiger partial charge in [0, 0.05) is 25.6 Å². The SMILES string of the molecule is CCN(C(c1ccc(F)cc1)C(F)(F)F)S(=O)(=O)c1ccc2c(c1)CN(C(=O)C1CC1)CC2. The maximum atomic E-state index is 14.0. The summed E-state index contributed by atoms with van der Waals surface area (Å²) in [5.74, 6) is -0.652. The van der Waals surface area contributed by atoms with Crippen molar-refractivity contribution in [3.63, 3.8) is 0 Å². The Morgan fingerprint density at radius 1 is 1.12 bits per heavy atom. The maximum absolute atomic E-state index is 14.0. The van der Waals surface area contributed by atoms with Crippen molar-refractivity contribution in [3.05, 3.63) is 65.0 Å². The Balaban J connectivity index is 1.69. The molecule has 0 bridgehead atoms. The van der Waals surface area contributed by atoms with Gasteiger partial charge in [0.2, 0.25) is 15.9 Å². The van der Waals surface area contributed by atoms with Crippen LogP contribution in [0.2, 0.25) is 0 Å². The highest BCUT2D eigenvalue weighted by Crippen LogP contribution is 2.41. The second kappa shape index (κ2) is 8.72. The van der Waals surface area contributed by atoms with Gasteiger partial charge in [0.1, 0.15) is 11.9 Å². The van der Waals surface area contributed by atoms with Crippen molar-refractivity contribution in [2.24, 2.45) is 5.92 Å². The van der Waals surface area contributed by atoms with Crippen LogP contribution in [0.15, 0.2) is 47.4 Å². The van der Waals surface area contributed by atoms with E-state index in [1.807, 2.05) is 0 Å². The number of rotatable bonds is 6. The summed E-state index contributed by atoms with van der Waals surface area (Å²) in [6, 6.07) is 5.47. The van der Waals surface area contributed by atoms with Crippen molar-refractivity contribution in [3.8, 4) is 0 Å². The zero-order chi connectivity index (χ0) is 24.0. The molecule has 1 unspecified atom stereocenters. The van der Waals surface area contributed by atoms with Crippen LogP contribution in [0.1, 0.15) is 42.5 Å². The molecule has 2 aromatic rings. The molecular formula is C23H24F4N2O3S. The summed E-state index contributed by atoms with van der Waals surface area (Å²) in [5, 5.41) is 0. The molecule has 1 aliphatic carbocycles. The average molecular weight is 485 g/mol. The molecule has 2 aromatic carbocycles. The van der Waals surface area contributed by atoms with Crippen LogP contribution in [0, 0.1) is 11.7 Å². The lowest BCUT2D eigenvalue weighted by Crippen LogP contribution is -2.42. The lowest BCUT2D eigenvalue weighted by atomic mass is 9.99. The maximum Gasteiger partial charge on any atom is 0.409 e. The van der Waals surface area contributed by atoms with Crippen LogP contribution < -0.4 is 0 Å². The molecule has 1 amide bonds. The predicted molar refractivity (Wildman–Crippen MR) is 113 cm³/mol. The molecule has 0 spiro atoms. The first-order chi connectivity index (χ1) is 15.5. The van der Waals surface area contributed by atoms with Gasteiger partial charge in [-0.3, -0.25) is 4.79 Å². The van der Waals surface area contributed by atoms with E-state index in [2.05, 4.69) is 0 Å². The summed E-state index contributed by atoms with van der Waals surface area (Å²) in [7, 11) is -4.55. The van der Waals surface area contributed by atoms with Crippen LogP contribution in [-0.2, 0) is 27.8 Å². The number of halogens is 4. The van der Waals surface area contributed by atoms with E-state index in [4.69, 9.17) is 0 Å². The molecule has 0 saturated heterocycles. The Hall–Kier alpha value is -2.46. The highest BCUT2D eigenvalue weighted by molar-refractivity contribution is 7.89. The fraction of sp³-hybridized carbons (Fsp3) is 0.435. The van der Waals surface area contributed by atoms with Crippen molar-refractivity contribution in [1.29, 1.82) is 0 Å². The number of fused-ring (bicyclic) bond motifs is 1. The number of benzene rings is 2. The normalized spacial score (nSPS) is 17.7. The van der Waals surface area contributed by atoms with Crippen molar-refractivity contribution in [2.45, 2.75) is 49.8 Å². The Kier molecular flexibility index (Phi) is 6.26. The average Bonchev–Trinajstić information content (AvgIpc) is 3.61. The van der Waals surface area contributed by atoms with Gasteiger partial charge < -0.3 is 4.90 Å². The zero-order valence-corrected chi connectivity index (χ0v) is 18.8. The summed E-state index contributed by atoms with van der Waals surface area (Å²) in [6.07, 6.45) is -2.65. The van der Waals surface area contributed by atoms with Crippen LogP contribution in [0.5, 0.6) is 0 Å². The van der Waals surface area contributed by atoms with Gasteiger partial charge in [-0.15, -0.1) is 0 Å². The molecule has 0 radical (unpaired) electrons. The summed E-state index contributed by atoms with van der Waals surface area (Å²) in [4.78, 5) is 13.9. The number of carbonyl (C=O) groups is 1. The molecule has 1 atom stereocenters. The zero-order valence-electron chi connectivity index (χ0n) is 18.0. The third-order valence-electron chi connectivity index (χ3n) is 6.13. The van der Waals surface area contributed by atoms with Gasteiger partial charge in [0.15, 0.2) is 0 Å². The minimum Gasteiger partial charge on any atom is -0.338 e.